The lowest BCUT2D eigenvalue weighted by atomic mass is 9.94. The Morgan fingerprint density at radius 2 is 2.08 bits per heavy atom. The maximum Gasteiger partial charge on any atom is 0.185 e. The molecule has 24 heavy (non-hydrogen) atoms. The molecule has 2 rings (SSSR count). The van der Waals surface area contributed by atoms with Gasteiger partial charge in [0.25, 0.3) is 0 Å². The van der Waals surface area contributed by atoms with Crippen molar-refractivity contribution in [3.63, 3.8) is 0 Å². The fourth-order valence-corrected chi connectivity index (χ4v) is 2.70. The highest BCUT2D eigenvalue weighted by Gasteiger charge is 2.24. The second-order valence-corrected chi connectivity index (χ2v) is 6.77. The standard InChI is InChI=1S/C18H27N3O2S/c1-4-22-16-7-5-14(6-8-16)12-19-17(24)21-20-13-15-9-10-23-18(2,3)11-15/h5-8,13,20H,4,9-12H2,1-3H3,(H2,19,21,24)/b15-13-. The number of nitrogens with one attached hydrogen (secondary N) is 3. The number of ether oxygens (including phenoxy) is 2. The molecule has 6 heteroatoms. The summed E-state index contributed by atoms with van der Waals surface area (Å²) in [5.41, 5.74) is 8.44. The molecule has 0 aliphatic carbocycles. The molecule has 0 aromatic heterocycles. The molecule has 0 unspecified atom stereocenters. The molecule has 1 saturated heterocycles. The zero-order valence-corrected chi connectivity index (χ0v) is 15.5. The van der Waals surface area contributed by atoms with Gasteiger partial charge in [0.2, 0.25) is 0 Å². The first-order valence-corrected chi connectivity index (χ1v) is 8.72. The van der Waals surface area contributed by atoms with E-state index in [9.17, 15) is 0 Å². The summed E-state index contributed by atoms with van der Waals surface area (Å²) in [6.45, 7) is 8.30. The van der Waals surface area contributed by atoms with Crippen LogP contribution in [0.15, 0.2) is 36.0 Å². The molecule has 1 fully saturated rings. The quantitative estimate of drug-likeness (QED) is 0.542. The lowest BCUT2D eigenvalue weighted by Gasteiger charge is -2.31. The monoisotopic (exact) mass is 349 g/mol. The largest absolute Gasteiger partial charge is 0.494 e. The SMILES string of the molecule is CCOc1ccc(CNC(=S)NN/C=C2/CCOC(C)(C)C2)cc1. The molecule has 132 valence electrons. The van der Waals surface area contributed by atoms with Gasteiger partial charge in [-0.3, -0.25) is 5.43 Å². The van der Waals surface area contributed by atoms with E-state index in [1.807, 2.05) is 37.4 Å². The summed E-state index contributed by atoms with van der Waals surface area (Å²) < 4.78 is 11.1. The normalized spacial score (nSPS) is 18.0. The first kappa shape index (κ1) is 18.5. The molecule has 1 aromatic carbocycles. The van der Waals surface area contributed by atoms with E-state index in [1.165, 1.54) is 5.57 Å². The zero-order valence-electron chi connectivity index (χ0n) is 14.6. The molecule has 1 aliphatic rings. The Labute approximate surface area is 149 Å². The van der Waals surface area contributed by atoms with E-state index in [0.29, 0.717) is 18.3 Å². The average molecular weight is 350 g/mol. The molecule has 0 amide bonds. The predicted octanol–water partition coefficient (Wildman–Crippen LogP) is 3.03. The van der Waals surface area contributed by atoms with Gasteiger partial charge in [0, 0.05) is 12.7 Å². The Bertz CT molecular complexity index is 570. The van der Waals surface area contributed by atoms with Crippen LogP contribution >= 0.6 is 12.2 Å². The average Bonchev–Trinajstić information content (AvgIpc) is 2.54. The maximum absolute atomic E-state index is 5.70. The summed E-state index contributed by atoms with van der Waals surface area (Å²) in [5.74, 6) is 0.884. The minimum Gasteiger partial charge on any atom is -0.494 e. The minimum atomic E-state index is -0.0851. The Kier molecular flexibility index (Phi) is 6.87. The topological polar surface area (TPSA) is 54.5 Å². The number of hydrogen-bond donors (Lipinski definition) is 3. The van der Waals surface area contributed by atoms with E-state index in [-0.39, 0.29) is 5.60 Å². The fourth-order valence-electron chi connectivity index (χ4n) is 2.57. The third-order valence-corrected chi connectivity index (χ3v) is 3.96. The second-order valence-electron chi connectivity index (χ2n) is 6.37. The fraction of sp³-hybridized carbons (Fsp3) is 0.500. The molecular formula is C18H27N3O2S. The van der Waals surface area contributed by atoms with Gasteiger partial charge in [0.15, 0.2) is 5.11 Å². The van der Waals surface area contributed by atoms with E-state index in [1.54, 1.807) is 0 Å². The lowest BCUT2D eigenvalue weighted by Crippen LogP contribution is -2.41. The highest BCUT2D eigenvalue weighted by Crippen LogP contribution is 2.27. The molecule has 3 N–H and O–H groups in total. The molecular weight excluding hydrogens is 322 g/mol. The second kappa shape index (κ2) is 8.89. The highest BCUT2D eigenvalue weighted by atomic mass is 32.1. The van der Waals surface area contributed by atoms with Crippen LogP contribution in [0.2, 0.25) is 0 Å². The molecule has 1 heterocycles. The summed E-state index contributed by atoms with van der Waals surface area (Å²) in [6.07, 6.45) is 3.85. The van der Waals surface area contributed by atoms with E-state index < -0.39 is 0 Å². The molecule has 0 radical (unpaired) electrons. The third-order valence-electron chi connectivity index (χ3n) is 3.72. The van der Waals surface area contributed by atoms with E-state index >= 15 is 0 Å². The van der Waals surface area contributed by atoms with Gasteiger partial charge in [0.05, 0.1) is 18.8 Å². The summed E-state index contributed by atoms with van der Waals surface area (Å²) >= 11 is 5.27. The first-order valence-electron chi connectivity index (χ1n) is 8.31. The van der Waals surface area contributed by atoms with Gasteiger partial charge < -0.3 is 20.2 Å². The molecule has 5 nitrogen and oxygen atoms in total. The van der Waals surface area contributed by atoms with Crippen LogP contribution in [0.3, 0.4) is 0 Å². The summed E-state index contributed by atoms with van der Waals surface area (Å²) in [5, 5.41) is 3.73. The molecule has 0 spiro atoms. The summed E-state index contributed by atoms with van der Waals surface area (Å²) in [4.78, 5) is 0. The molecule has 0 atom stereocenters. The van der Waals surface area contributed by atoms with E-state index in [0.717, 1.165) is 30.8 Å². The predicted molar refractivity (Wildman–Crippen MR) is 101 cm³/mol. The van der Waals surface area contributed by atoms with Crippen LogP contribution in [0.4, 0.5) is 0 Å². The summed E-state index contributed by atoms with van der Waals surface area (Å²) in [7, 11) is 0. The van der Waals surface area contributed by atoms with Crippen LogP contribution in [-0.4, -0.2) is 23.9 Å². The molecule has 0 bridgehead atoms. The van der Waals surface area contributed by atoms with Crippen LogP contribution in [0.5, 0.6) is 5.75 Å². The van der Waals surface area contributed by atoms with Gasteiger partial charge in [-0.1, -0.05) is 12.1 Å². The van der Waals surface area contributed by atoms with Gasteiger partial charge in [-0.2, -0.15) is 0 Å². The molecule has 1 aliphatic heterocycles. The third kappa shape index (κ3) is 6.37. The molecule has 1 aromatic rings. The van der Waals surface area contributed by atoms with Crippen molar-refractivity contribution in [1.29, 1.82) is 0 Å². The Morgan fingerprint density at radius 3 is 2.75 bits per heavy atom. The van der Waals surface area contributed by atoms with Crippen molar-refractivity contribution in [2.75, 3.05) is 13.2 Å². The first-order chi connectivity index (χ1) is 11.5. The van der Waals surface area contributed by atoms with Gasteiger partial charge >= 0.3 is 0 Å². The molecule has 0 saturated carbocycles. The lowest BCUT2D eigenvalue weighted by molar-refractivity contribution is -0.0334. The Hall–Kier alpha value is -1.79. The van der Waals surface area contributed by atoms with Crippen LogP contribution in [0.1, 0.15) is 39.2 Å². The Balaban J connectivity index is 1.69. The van der Waals surface area contributed by atoms with Gasteiger partial charge in [-0.25, -0.2) is 0 Å². The van der Waals surface area contributed by atoms with Crippen molar-refractivity contribution < 1.29 is 9.47 Å². The van der Waals surface area contributed by atoms with Crippen LogP contribution in [0, 0.1) is 0 Å². The van der Waals surface area contributed by atoms with Gasteiger partial charge in [0.1, 0.15) is 5.75 Å². The van der Waals surface area contributed by atoms with Crippen molar-refractivity contribution in [1.82, 2.24) is 16.2 Å². The number of hydrogen-bond acceptors (Lipinski definition) is 4. The van der Waals surface area contributed by atoms with Crippen molar-refractivity contribution in [3.8, 4) is 5.75 Å². The van der Waals surface area contributed by atoms with Crippen molar-refractivity contribution >= 4 is 17.3 Å². The number of benzene rings is 1. The van der Waals surface area contributed by atoms with Crippen LogP contribution < -0.4 is 20.9 Å². The zero-order chi connectivity index (χ0) is 17.4. The smallest absolute Gasteiger partial charge is 0.185 e. The van der Waals surface area contributed by atoms with Crippen LogP contribution in [-0.2, 0) is 11.3 Å². The van der Waals surface area contributed by atoms with Crippen molar-refractivity contribution in [3.05, 3.63) is 41.6 Å². The van der Waals surface area contributed by atoms with Gasteiger partial charge in [-0.05, 0) is 69.1 Å². The summed E-state index contributed by atoms with van der Waals surface area (Å²) in [6, 6.07) is 7.99. The Morgan fingerprint density at radius 1 is 1.33 bits per heavy atom. The van der Waals surface area contributed by atoms with E-state index in [2.05, 4.69) is 30.0 Å². The minimum absolute atomic E-state index is 0.0851. The number of rotatable bonds is 6. The van der Waals surface area contributed by atoms with Crippen LogP contribution in [0.25, 0.3) is 0 Å². The van der Waals surface area contributed by atoms with Gasteiger partial charge in [-0.15, -0.1) is 0 Å². The number of thiocarbonyl (C=S) groups is 1. The van der Waals surface area contributed by atoms with Crippen molar-refractivity contribution in [2.45, 2.75) is 45.8 Å². The van der Waals surface area contributed by atoms with E-state index in [4.69, 9.17) is 21.7 Å². The van der Waals surface area contributed by atoms with Crippen molar-refractivity contribution in [2.24, 2.45) is 0 Å². The number of hydrazine groups is 1. The highest BCUT2D eigenvalue weighted by molar-refractivity contribution is 7.80. The maximum atomic E-state index is 5.70.